The summed E-state index contributed by atoms with van der Waals surface area (Å²) in [4.78, 5) is 10.8. The lowest BCUT2D eigenvalue weighted by Gasteiger charge is -2.17. The SMILES string of the molecule is CO[C@H](NC(=O)c1ccc(Cl)cc1)C(Cl)Cl. The van der Waals surface area contributed by atoms with Crippen molar-refractivity contribution in [3.05, 3.63) is 34.9 Å². The molecule has 1 amide bonds. The Labute approximate surface area is 109 Å². The van der Waals surface area contributed by atoms with Gasteiger partial charge in [0, 0.05) is 17.7 Å². The summed E-state index contributed by atoms with van der Waals surface area (Å²) >= 11 is 16.9. The zero-order valence-corrected chi connectivity index (χ0v) is 10.7. The van der Waals surface area contributed by atoms with Crippen LogP contribution in [0.15, 0.2) is 24.3 Å². The van der Waals surface area contributed by atoms with Crippen molar-refractivity contribution in [3.63, 3.8) is 0 Å². The van der Waals surface area contributed by atoms with Crippen molar-refractivity contribution in [1.82, 2.24) is 5.32 Å². The number of hydrogen-bond donors (Lipinski definition) is 1. The maximum absolute atomic E-state index is 11.7. The third kappa shape index (κ3) is 3.83. The smallest absolute Gasteiger partial charge is 0.253 e. The van der Waals surface area contributed by atoms with Crippen molar-refractivity contribution < 1.29 is 9.53 Å². The van der Waals surface area contributed by atoms with Gasteiger partial charge in [-0.2, -0.15) is 0 Å². The van der Waals surface area contributed by atoms with Crippen LogP contribution in [0.2, 0.25) is 5.02 Å². The molecule has 0 aliphatic heterocycles. The molecule has 6 heteroatoms. The van der Waals surface area contributed by atoms with Crippen molar-refractivity contribution in [2.45, 2.75) is 11.1 Å². The van der Waals surface area contributed by atoms with Gasteiger partial charge in [-0.25, -0.2) is 0 Å². The summed E-state index contributed by atoms with van der Waals surface area (Å²) in [7, 11) is 1.41. The molecule has 1 N–H and O–H groups in total. The number of amides is 1. The predicted octanol–water partition coefficient (Wildman–Crippen LogP) is 2.85. The number of benzene rings is 1. The summed E-state index contributed by atoms with van der Waals surface area (Å²) in [6.07, 6.45) is -0.744. The first-order valence-electron chi connectivity index (χ1n) is 4.42. The van der Waals surface area contributed by atoms with Gasteiger partial charge in [0.1, 0.15) is 0 Å². The maximum Gasteiger partial charge on any atom is 0.253 e. The second-order valence-electron chi connectivity index (χ2n) is 2.97. The molecule has 0 fully saturated rings. The Kier molecular flexibility index (Phi) is 5.35. The molecule has 3 nitrogen and oxygen atoms in total. The highest BCUT2D eigenvalue weighted by molar-refractivity contribution is 6.44. The number of nitrogens with one attached hydrogen (secondary N) is 1. The van der Waals surface area contributed by atoms with Gasteiger partial charge in [0.25, 0.3) is 5.91 Å². The zero-order chi connectivity index (χ0) is 12.1. The van der Waals surface area contributed by atoms with Crippen LogP contribution in [-0.4, -0.2) is 24.1 Å². The first-order chi connectivity index (χ1) is 7.54. The normalized spacial score (nSPS) is 12.6. The number of carbonyl (C=O) groups excluding carboxylic acids is 1. The summed E-state index contributed by atoms with van der Waals surface area (Å²) < 4.78 is 4.91. The molecule has 0 radical (unpaired) electrons. The molecule has 88 valence electrons. The van der Waals surface area contributed by atoms with Gasteiger partial charge in [-0.3, -0.25) is 4.79 Å². The molecule has 1 atom stereocenters. The molecule has 0 saturated heterocycles. The third-order valence-electron chi connectivity index (χ3n) is 1.86. The average molecular weight is 283 g/mol. The lowest BCUT2D eigenvalue weighted by Crippen LogP contribution is -2.40. The molecule has 0 aromatic heterocycles. The molecule has 0 aliphatic carbocycles. The molecule has 0 bridgehead atoms. The summed E-state index contributed by atoms with van der Waals surface area (Å²) in [5.41, 5.74) is 0.459. The number of rotatable bonds is 4. The van der Waals surface area contributed by atoms with E-state index >= 15 is 0 Å². The molecule has 0 spiro atoms. The molecule has 0 saturated carbocycles. The molecule has 1 aromatic rings. The van der Waals surface area contributed by atoms with E-state index in [1.54, 1.807) is 24.3 Å². The van der Waals surface area contributed by atoms with E-state index in [0.717, 1.165) is 0 Å². The number of methoxy groups -OCH3 is 1. The topological polar surface area (TPSA) is 38.3 Å². The Hall–Kier alpha value is -0.480. The third-order valence-corrected chi connectivity index (χ3v) is 2.57. The zero-order valence-electron chi connectivity index (χ0n) is 8.41. The molecule has 0 heterocycles. The standard InChI is InChI=1S/C10H10Cl3NO2/c1-16-10(8(12)13)14-9(15)6-2-4-7(11)5-3-6/h2-5,8,10H,1H3,(H,14,15)/t10-/m0/s1. The van der Waals surface area contributed by atoms with Crippen LogP contribution in [0.4, 0.5) is 0 Å². The fourth-order valence-corrected chi connectivity index (χ4v) is 1.50. The van der Waals surface area contributed by atoms with E-state index < -0.39 is 11.1 Å². The van der Waals surface area contributed by atoms with E-state index in [9.17, 15) is 4.79 Å². The van der Waals surface area contributed by atoms with E-state index in [1.165, 1.54) is 7.11 Å². The summed E-state index contributed by atoms with van der Waals surface area (Å²) in [6.45, 7) is 0. The quantitative estimate of drug-likeness (QED) is 0.681. The summed E-state index contributed by atoms with van der Waals surface area (Å²) in [5, 5.41) is 3.10. The number of carbonyl (C=O) groups is 1. The lowest BCUT2D eigenvalue weighted by molar-refractivity contribution is 0.0636. The van der Waals surface area contributed by atoms with Crippen LogP contribution in [0.1, 0.15) is 10.4 Å². The van der Waals surface area contributed by atoms with E-state index in [2.05, 4.69) is 5.32 Å². The van der Waals surface area contributed by atoms with Gasteiger partial charge < -0.3 is 10.1 Å². The molecule has 0 unspecified atom stereocenters. The Balaban J connectivity index is 2.68. The first kappa shape index (κ1) is 13.6. The van der Waals surface area contributed by atoms with Crippen LogP contribution in [0, 0.1) is 0 Å². The van der Waals surface area contributed by atoms with Crippen molar-refractivity contribution in [3.8, 4) is 0 Å². The van der Waals surface area contributed by atoms with Gasteiger partial charge in [-0.05, 0) is 24.3 Å². The van der Waals surface area contributed by atoms with Gasteiger partial charge in [-0.15, -0.1) is 23.2 Å². The Morgan fingerprint density at radius 3 is 2.31 bits per heavy atom. The Morgan fingerprint density at radius 2 is 1.88 bits per heavy atom. The lowest BCUT2D eigenvalue weighted by atomic mass is 10.2. The van der Waals surface area contributed by atoms with Crippen molar-refractivity contribution in [2.75, 3.05) is 7.11 Å². The predicted molar refractivity (Wildman–Crippen MR) is 65.2 cm³/mol. The van der Waals surface area contributed by atoms with E-state index in [1.807, 2.05) is 0 Å². The highest BCUT2D eigenvalue weighted by Crippen LogP contribution is 2.12. The fraction of sp³-hybridized carbons (Fsp3) is 0.300. The van der Waals surface area contributed by atoms with Crippen molar-refractivity contribution in [2.24, 2.45) is 0 Å². The monoisotopic (exact) mass is 281 g/mol. The van der Waals surface area contributed by atoms with Crippen LogP contribution >= 0.6 is 34.8 Å². The largest absolute Gasteiger partial charge is 0.359 e. The van der Waals surface area contributed by atoms with E-state index in [-0.39, 0.29) is 5.91 Å². The van der Waals surface area contributed by atoms with Crippen LogP contribution < -0.4 is 5.32 Å². The molecule has 1 aromatic carbocycles. The second kappa shape index (κ2) is 6.30. The minimum Gasteiger partial charge on any atom is -0.359 e. The van der Waals surface area contributed by atoms with Gasteiger partial charge >= 0.3 is 0 Å². The van der Waals surface area contributed by atoms with Crippen molar-refractivity contribution in [1.29, 1.82) is 0 Å². The van der Waals surface area contributed by atoms with Gasteiger partial charge in [0.15, 0.2) is 11.1 Å². The summed E-state index contributed by atoms with van der Waals surface area (Å²) in [5.74, 6) is -0.324. The Bertz CT molecular complexity index is 354. The molecule has 1 rings (SSSR count). The highest BCUT2D eigenvalue weighted by Gasteiger charge is 2.19. The molecular formula is C10H10Cl3NO2. The maximum atomic E-state index is 11.7. The van der Waals surface area contributed by atoms with Gasteiger partial charge in [0.2, 0.25) is 0 Å². The minimum atomic E-state index is -0.832. The van der Waals surface area contributed by atoms with Crippen LogP contribution in [0.5, 0.6) is 0 Å². The second-order valence-corrected chi connectivity index (χ2v) is 4.57. The average Bonchev–Trinajstić information content (AvgIpc) is 2.26. The molecular weight excluding hydrogens is 272 g/mol. The van der Waals surface area contributed by atoms with Crippen LogP contribution in [-0.2, 0) is 4.74 Å². The minimum absolute atomic E-state index is 0.324. The van der Waals surface area contributed by atoms with Gasteiger partial charge in [0.05, 0.1) is 0 Å². The van der Waals surface area contributed by atoms with Crippen LogP contribution in [0.3, 0.4) is 0 Å². The fourth-order valence-electron chi connectivity index (χ4n) is 1.04. The van der Waals surface area contributed by atoms with E-state index in [0.29, 0.717) is 10.6 Å². The van der Waals surface area contributed by atoms with Crippen molar-refractivity contribution >= 4 is 40.7 Å². The molecule has 16 heavy (non-hydrogen) atoms. The number of alkyl halides is 2. The summed E-state index contributed by atoms with van der Waals surface area (Å²) in [6, 6.07) is 6.44. The number of ether oxygens (including phenoxy) is 1. The Morgan fingerprint density at radius 1 is 1.31 bits per heavy atom. The number of hydrogen-bond acceptors (Lipinski definition) is 2. The van der Waals surface area contributed by atoms with Gasteiger partial charge in [-0.1, -0.05) is 11.6 Å². The van der Waals surface area contributed by atoms with Crippen LogP contribution in [0.25, 0.3) is 0 Å². The molecule has 0 aliphatic rings. The first-order valence-corrected chi connectivity index (χ1v) is 5.67. The number of halogens is 3. The van der Waals surface area contributed by atoms with E-state index in [4.69, 9.17) is 39.5 Å². The highest BCUT2D eigenvalue weighted by atomic mass is 35.5.